The number of carbonyl (C=O) groups is 2. The maximum absolute atomic E-state index is 13.8. The number of nitrogens with two attached hydrogens (primary N) is 1. The minimum absolute atomic E-state index is 0. The van der Waals surface area contributed by atoms with Crippen LogP contribution in [0.15, 0.2) is 59.2 Å². The number of rotatable bonds is 6. The second-order valence-corrected chi connectivity index (χ2v) is 7.28. The zero-order valence-electron chi connectivity index (χ0n) is 15.8. The molecule has 2 aromatic carbocycles. The highest BCUT2D eigenvalue weighted by Crippen LogP contribution is 2.20. The largest absolute Gasteiger partial charge is 0.391 e. The van der Waals surface area contributed by atoms with Crippen LogP contribution >= 0.6 is 15.9 Å². The lowest BCUT2D eigenvalue weighted by Gasteiger charge is -2.11. The summed E-state index contributed by atoms with van der Waals surface area (Å²) in [4.78, 5) is 33.6. The van der Waals surface area contributed by atoms with Gasteiger partial charge in [-0.05, 0) is 57.9 Å². The van der Waals surface area contributed by atoms with Crippen LogP contribution in [0.1, 0.15) is 39.3 Å². The fraction of sp³-hybridized carbons (Fsp3) is 0.0909. The molecule has 3 rings (SSSR count). The molecule has 0 spiro atoms. The van der Waals surface area contributed by atoms with Crippen molar-refractivity contribution in [2.75, 3.05) is 5.32 Å². The number of halogens is 3. The number of aromatic nitrogens is 1. The van der Waals surface area contributed by atoms with Crippen molar-refractivity contribution in [2.24, 2.45) is 5.90 Å². The van der Waals surface area contributed by atoms with Crippen molar-refractivity contribution in [1.29, 1.82) is 5.41 Å². The summed E-state index contributed by atoms with van der Waals surface area (Å²) in [5.74, 6) is 1.30. The average Bonchev–Trinajstić information content (AvgIpc) is 2.77. The van der Waals surface area contributed by atoms with Gasteiger partial charge in [-0.1, -0.05) is 19.6 Å². The Labute approximate surface area is 191 Å². The normalized spacial score (nSPS) is 10.1. The molecule has 0 unspecified atom stereocenters. The summed E-state index contributed by atoms with van der Waals surface area (Å²) in [5, 5.41) is 9.99. The molecule has 4 N–H and O–H groups in total. The molecule has 0 saturated heterocycles. The van der Waals surface area contributed by atoms with Gasteiger partial charge in [0.05, 0.1) is 0 Å². The molecule has 0 saturated carbocycles. The third kappa shape index (κ3) is 5.80. The summed E-state index contributed by atoms with van der Waals surface area (Å²) in [5.41, 5.74) is 0.431. The van der Waals surface area contributed by atoms with Crippen molar-refractivity contribution < 1.29 is 23.2 Å². The van der Waals surface area contributed by atoms with E-state index in [1.54, 1.807) is 6.07 Å². The Morgan fingerprint density at radius 2 is 1.69 bits per heavy atom. The Hall–Kier alpha value is -3.50. The minimum Gasteiger partial charge on any atom is -0.391 e. The van der Waals surface area contributed by atoms with Crippen molar-refractivity contribution in [3.05, 3.63) is 93.1 Å². The molecule has 1 aromatic heterocycles. The van der Waals surface area contributed by atoms with Gasteiger partial charge in [-0.2, -0.15) is 5.90 Å². The summed E-state index contributed by atoms with van der Waals surface area (Å²) in [6, 6.07) is 10.5. The van der Waals surface area contributed by atoms with Crippen LogP contribution in [0.4, 0.5) is 14.6 Å². The molecule has 1 amide bonds. The fourth-order valence-electron chi connectivity index (χ4n) is 2.73. The van der Waals surface area contributed by atoms with E-state index in [0.717, 1.165) is 12.1 Å². The zero-order chi connectivity index (χ0) is 22.5. The van der Waals surface area contributed by atoms with Gasteiger partial charge >= 0.3 is 0 Å². The lowest BCUT2D eigenvalue weighted by atomic mass is 9.97. The van der Waals surface area contributed by atoms with Crippen LogP contribution in [0.2, 0.25) is 0 Å². The minimum atomic E-state index is -1.21. The molecule has 0 aliphatic heterocycles. The number of nitrogens with one attached hydrogen (secondary N) is 2. The Bertz CT molecular complexity index is 1150. The molecule has 0 fully saturated rings. The summed E-state index contributed by atoms with van der Waals surface area (Å²) < 4.78 is 28.4. The Morgan fingerprint density at radius 3 is 2.28 bits per heavy atom. The third-order valence-electron chi connectivity index (χ3n) is 4.30. The highest BCUT2D eigenvalue weighted by molar-refractivity contribution is 9.10. The summed E-state index contributed by atoms with van der Waals surface area (Å²) in [7, 11) is 0. The summed E-state index contributed by atoms with van der Waals surface area (Å²) in [6.07, 6.45) is 1.11. The molecule has 10 heteroatoms. The molecule has 7 nitrogen and oxygen atoms in total. The number of pyridine rings is 1. The van der Waals surface area contributed by atoms with Crippen LogP contribution in [0.25, 0.3) is 0 Å². The molecule has 3 aromatic rings. The molecule has 166 valence electrons. The highest BCUT2D eigenvalue weighted by atomic mass is 79.9. The first-order valence-corrected chi connectivity index (χ1v) is 9.57. The van der Waals surface area contributed by atoms with Crippen LogP contribution in [0.3, 0.4) is 0 Å². The van der Waals surface area contributed by atoms with E-state index in [-0.39, 0.29) is 42.3 Å². The lowest BCUT2D eigenvalue weighted by Crippen LogP contribution is -2.18. The third-order valence-corrected chi connectivity index (χ3v) is 4.77. The number of carbonyl (C=O) groups excluding carboxylic acids is 2. The number of amides is 1. The zero-order valence-corrected chi connectivity index (χ0v) is 17.4. The Kier molecular flexibility index (Phi) is 8.27. The predicted molar refractivity (Wildman–Crippen MR) is 120 cm³/mol. The first-order chi connectivity index (χ1) is 14.8. The predicted octanol–water partition coefficient (Wildman–Crippen LogP) is 4.65. The van der Waals surface area contributed by atoms with Gasteiger partial charge in [0.2, 0.25) is 5.90 Å². The number of hydrogen-bond acceptors (Lipinski definition) is 6. The van der Waals surface area contributed by atoms with E-state index in [2.05, 4.69) is 31.1 Å². The molecule has 0 aliphatic rings. The topological polar surface area (TPSA) is 118 Å². The number of nitrogens with zero attached hydrogens (tertiary/aromatic N) is 1. The first kappa shape index (κ1) is 24.8. The standard InChI is InChI=1S/C21H15BrF2N4O3.CH4/c22-14-5-6-19(27-10-14)28-21(30)15-9-17(24)16(23)7-13(15)8-18(29)11-1-3-12(4-2-11)20(25)31-26;/h1-7,9-10,25H,8,26H2,(H,27,28,30);1H4. The van der Waals surface area contributed by atoms with Gasteiger partial charge in [0.15, 0.2) is 17.4 Å². The second kappa shape index (κ2) is 10.7. The summed E-state index contributed by atoms with van der Waals surface area (Å²) in [6.45, 7) is 0. The van der Waals surface area contributed by atoms with Crippen LogP contribution < -0.4 is 11.2 Å². The quantitative estimate of drug-likeness (QED) is 0.195. The molecule has 0 radical (unpaired) electrons. The van der Waals surface area contributed by atoms with Crippen molar-refractivity contribution in [3.63, 3.8) is 0 Å². The van der Waals surface area contributed by atoms with Gasteiger partial charge in [-0.15, -0.1) is 0 Å². The Morgan fingerprint density at radius 1 is 1.06 bits per heavy atom. The van der Waals surface area contributed by atoms with Crippen LogP contribution in [-0.4, -0.2) is 22.6 Å². The number of anilines is 1. The lowest BCUT2D eigenvalue weighted by molar-refractivity contribution is 0.0992. The number of hydrogen-bond donors (Lipinski definition) is 3. The molecular formula is C22H19BrF2N4O3. The van der Waals surface area contributed by atoms with E-state index in [0.29, 0.717) is 10.0 Å². The molecular weight excluding hydrogens is 486 g/mol. The fourth-order valence-corrected chi connectivity index (χ4v) is 2.96. The maximum Gasteiger partial charge on any atom is 0.257 e. The van der Waals surface area contributed by atoms with Crippen molar-refractivity contribution in [3.8, 4) is 0 Å². The van der Waals surface area contributed by atoms with Crippen molar-refractivity contribution in [2.45, 2.75) is 13.8 Å². The van der Waals surface area contributed by atoms with Crippen LogP contribution in [0.5, 0.6) is 0 Å². The van der Waals surface area contributed by atoms with Gasteiger partial charge < -0.3 is 10.2 Å². The SMILES string of the molecule is C.N=C(ON)c1ccc(C(=O)Cc2cc(F)c(F)cc2C(=O)Nc2ccc(Br)cn2)cc1. The van der Waals surface area contributed by atoms with E-state index >= 15 is 0 Å². The van der Waals surface area contributed by atoms with E-state index < -0.39 is 23.3 Å². The monoisotopic (exact) mass is 504 g/mol. The van der Waals surface area contributed by atoms with Gasteiger partial charge in [0.1, 0.15) is 5.82 Å². The van der Waals surface area contributed by atoms with Gasteiger partial charge in [-0.25, -0.2) is 13.8 Å². The van der Waals surface area contributed by atoms with Gasteiger partial charge in [-0.3, -0.25) is 15.0 Å². The molecule has 0 atom stereocenters. The second-order valence-electron chi connectivity index (χ2n) is 6.36. The Balaban J connectivity index is 0.00000363. The van der Waals surface area contributed by atoms with Crippen molar-refractivity contribution in [1.82, 2.24) is 4.98 Å². The van der Waals surface area contributed by atoms with E-state index in [1.165, 1.54) is 36.5 Å². The van der Waals surface area contributed by atoms with Crippen LogP contribution in [0, 0.1) is 17.0 Å². The molecule has 1 heterocycles. The van der Waals surface area contributed by atoms with Crippen molar-refractivity contribution >= 4 is 39.3 Å². The van der Waals surface area contributed by atoms with Gasteiger partial charge in [0.25, 0.3) is 5.91 Å². The highest BCUT2D eigenvalue weighted by Gasteiger charge is 2.19. The van der Waals surface area contributed by atoms with Crippen LogP contribution in [-0.2, 0) is 11.3 Å². The molecule has 0 aliphatic carbocycles. The van der Waals surface area contributed by atoms with Gasteiger partial charge in [0, 0.05) is 33.8 Å². The smallest absolute Gasteiger partial charge is 0.257 e. The summed E-state index contributed by atoms with van der Waals surface area (Å²) >= 11 is 3.22. The number of Topliss-reactive ketones (excluding diaryl/α,β-unsaturated/α-hetero) is 1. The van der Waals surface area contributed by atoms with E-state index in [9.17, 15) is 18.4 Å². The molecule has 32 heavy (non-hydrogen) atoms. The molecule has 0 bridgehead atoms. The first-order valence-electron chi connectivity index (χ1n) is 8.78. The number of ketones is 1. The number of benzene rings is 2. The maximum atomic E-state index is 13.8. The van der Waals surface area contributed by atoms with E-state index in [4.69, 9.17) is 11.3 Å². The average molecular weight is 505 g/mol. The van der Waals surface area contributed by atoms with E-state index in [1.807, 2.05) is 0 Å².